The molecule has 0 bridgehead atoms. The van der Waals surface area contributed by atoms with Gasteiger partial charge in [0.05, 0.1) is 13.2 Å². The van der Waals surface area contributed by atoms with Crippen molar-refractivity contribution < 1.29 is 14.3 Å². The molecular weight excluding hydrogens is 394 g/mol. The van der Waals surface area contributed by atoms with Crippen LogP contribution in [0.25, 0.3) is 0 Å². The van der Waals surface area contributed by atoms with Gasteiger partial charge in [0.25, 0.3) is 0 Å². The molecule has 1 aromatic heterocycles. The Morgan fingerprint density at radius 1 is 0.839 bits per heavy atom. The Morgan fingerprint density at radius 2 is 1.35 bits per heavy atom. The smallest absolute Gasteiger partial charge is 0.249 e. The van der Waals surface area contributed by atoms with E-state index in [0.717, 1.165) is 22.6 Å². The fraction of sp³-hybridized carbons (Fsp3) is 0.348. The number of carbonyl (C=O) groups is 1. The molecule has 31 heavy (non-hydrogen) atoms. The van der Waals surface area contributed by atoms with Crippen LogP contribution in [0.4, 0.5) is 11.9 Å². The number of nitrogens with zero attached hydrogens (tertiary/aromatic N) is 3. The summed E-state index contributed by atoms with van der Waals surface area (Å²) < 4.78 is 12.2. The zero-order valence-corrected chi connectivity index (χ0v) is 18.2. The number of benzene rings is 2. The summed E-state index contributed by atoms with van der Waals surface area (Å²) in [5.74, 6) is 2.34. The number of hydrogen-bond acceptors (Lipinski definition) is 7. The molecule has 1 heterocycles. The van der Waals surface area contributed by atoms with Crippen LogP contribution < -0.4 is 20.1 Å². The van der Waals surface area contributed by atoms with Gasteiger partial charge in [0.1, 0.15) is 11.5 Å². The zero-order chi connectivity index (χ0) is 22.1. The van der Waals surface area contributed by atoms with E-state index in [-0.39, 0.29) is 5.91 Å². The van der Waals surface area contributed by atoms with Gasteiger partial charge in [-0.1, -0.05) is 31.2 Å². The molecule has 0 aliphatic rings. The Balaban J connectivity index is 1.65. The van der Waals surface area contributed by atoms with Crippen LogP contribution in [0.5, 0.6) is 11.5 Å². The third-order valence-electron chi connectivity index (χ3n) is 4.52. The molecule has 0 aliphatic carbocycles. The first kappa shape index (κ1) is 22.1. The maximum Gasteiger partial charge on any atom is 0.249 e. The van der Waals surface area contributed by atoms with Gasteiger partial charge in [-0.2, -0.15) is 9.67 Å². The molecule has 8 nitrogen and oxygen atoms in total. The number of nitrogens with one attached hydrogen (secondary N) is 2. The lowest BCUT2D eigenvalue weighted by Gasteiger charge is -2.07. The highest BCUT2D eigenvalue weighted by atomic mass is 16.5. The molecule has 0 amide bonds. The second kappa shape index (κ2) is 11.0. The molecule has 0 unspecified atom stereocenters. The molecule has 2 aromatic carbocycles. The normalized spacial score (nSPS) is 10.5. The monoisotopic (exact) mass is 423 g/mol. The quantitative estimate of drug-likeness (QED) is 0.474. The Hall–Kier alpha value is -3.55. The number of carbonyl (C=O) groups excluding carboxylic acids is 1. The van der Waals surface area contributed by atoms with Crippen molar-refractivity contribution in [3.63, 3.8) is 0 Å². The predicted octanol–water partition coefficient (Wildman–Crippen LogP) is 4.35. The van der Waals surface area contributed by atoms with Gasteiger partial charge >= 0.3 is 0 Å². The van der Waals surface area contributed by atoms with E-state index in [9.17, 15) is 4.79 Å². The first-order valence-corrected chi connectivity index (χ1v) is 10.5. The molecule has 0 saturated heterocycles. The van der Waals surface area contributed by atoms with Gasteiger partial charge in [-0.05, 0) is 49.2 Å². The third-order valence-corrected chi connectivity index (χ3v) is 4.52. The fourth-order valence-corrected chi connectivity index (χ4v) is 2.93. The molecule has 0 aliphatic heterocycles. The van der Waals surface area contributed by atoms with Crippen LogP contribution >= 0.6 is 0 Å². The highest BCUT2D eigenvalue weighted by molar-refractivity contribution is 5.80. The molecule has 0 radical (unpaired) electrons. The fourth-order valence-electron chi connectivity index (χ4n) is 2.93. The maximum absolute atomic E-state index is 12.3. The lowest BCUT2D eigenvalue weighted by molar-refractivity contribution is 0.0895. The summed E-state index contributed by atoms with van der Waals surface area (Å²) in [6, 6.07) is 15.6. The van der Waals surface area contributed by atoms with Crippen molar-refractivity contribution in [1.82, 2.24) is 14.8 Å². The van der Waals surface area contributed by atoms with Crippen molar-refractivity contribution in [1.29, 1.82) is 0 Å². The molecule has 0 spiro atoms. The van der Waals surface area contributed by atoms with Gasteiger partial charge in [-0.3, -0.25) is 4.79 Å². The topological polar surface area (TPSA) is 90.3 Å². The molecule has 8 heteroatoms. The average molecular weight is 424 g/mol. The first-order valence-electron chi connectivity index (χ1n) is 10.5. The molecule has 2 N–H and O–H groups in total. The number of aromatic nitrogens is 3. The van der Waals surface area contributed by atoms with E-state index >= 15 is 0 Å². The van der Waals surface area contributed by atoms with Crippen LogP contribution in [0.3, 0.4) is 0 Å². The minimum atomic E-state index is -0.129. The second-order valence-corrected chi connectivity index (χ2v) is 6.78. The van der Waals surface area contributed by atoms with Crippen molar-refractivity contribution in [3.8, 4) is 11.5 Å². The van der Waals surface area contributed by atoms with Gasteiger partial charge in [-0.15, -0.1) is 5.10 Å². The van der Waals surface area contributed by atoms with Crippen molar-refractivity contribution in [2.24, 2.45) is 0 Å². The molecule has 0 fully saturated rings. The Bertz CT molecular complexity index is 968. The van der Waals surface area contributed by atoms with Crippen molar-refractivity contribution in [2.45, 2.75) is 40.3 Å². The summed E-state index contributed by atoms with van der Waals surface area (Å²) in [7, 11) is 0. The molecular formula is C23H29N5O3. The highest BCUT2D eigenvalue weighted by Gasteiger charge is 2.15. The number of anilines is 2. The standard InChI is InChI=1S/C23H29N5O3/c1-4-21(29)28-23(25-16-18-9-13-20(14-10-18)31-6-3)26-22(27-28)24-15-17-7-11-19(12-8-17)30-5-2/h7-14H,4-6,15-16H2,1-3H3,(H2,24,25,26,27). The number of rotatable bonds is 11. The Kier molecular flexibility index (Phi) is 7.86. The average Bonchev–Trinajstić information content (AvgIpc) is 3.21. The lowest BCUT2D eigenvalue weighted by atomic mass is 10.2. The summed E-state index contributed by atoms with van der Waals surface area (Å²) >= 11 is 0. The minimum absolute atomic E-state index is 0.129. The molecule has 3 aromatic rings. The number of hydrogen-bond donors (Lipinski definition) is 2. The van der Waals surface area contributed by atoms with Gasteiger partial charge in [0, 0.05) is 19.5 Å². The zero-order valence-electron chi connectivity index (χ0n) is 18.2. The van der Waals surface area contributed by atoms with E-state index in [1.165, 1.54) is 4.68 Å². The maximum atomic E-state index is 12.3. The van der Waals surface area contributed by atoms with Crippen molar-refractivity contribution in [2.75, 3.05) is 23.8 Å². The van der Waals surface area contributed by atoms with Crippen LogP contribution in [0.15, 0.2) is 48.5 Å². The van der Waals surface area contributed by atoms with Gasteiger partial charge < -0.3 is 20.1 Å². The predicted molar refractivity (Wildman–Crippen MR) is 121 cm³/mol. The molecule has 164 valence electrons. The van der Waals surface area contributed by atoms with Crippen LogP contribution in [0, 0.1) is 0 Å². The summed E-state index contributed by atoms with van der Waals surface area (Å²) in [5, 5.41) is 10.7. The highest BCUT2D eigenvalue weighted by Crippen LogP contribution is 2.16. The summed E-state index contributed by atoms with van der Waals surface area (Å²) in [6.07, 6.45) is 0.333. The van der Waals surface area contributed by atoms with Crippen LogP contribution in [-0.4, -0.2) is 33.9 Å². The minimum Gasteiger partial charge on any atom is -0.494 e. The molecule has 0 saturated carbocycles. The van der Waals surface area contributed by atoms with Crippen LogP contribution in [-0.2, 0) is 13.1 Å². The van der Waals surface area contributed by atoms with Crippen molar-refractivity contribution >= 4 is 17.8 Å². The van der Waals surface area contributed by atoms with E-state index in [0.29, 0.717) is 44.6 Å². The molecule has 0 atom stereocenters. The molecule has 3 rings (SSSR count). The van der Waals surface area contributed by atoms with E-state index < -0.39 is 0 Å². The largest absolute Gasteiger partial charge is 0.494 e. The summed E-state index contributed by atoms with van der Waals surface area (Å²) in [5.41, 5.74) is 2.11. The summed E-state index contributed by atoms with van der Waals surface area (Å²) in [6.45, 7) is 8.02. The second-order valence-electron chi connectivity index (χ2n) is 6.78. The van der Waals surface area contributed by atoms with Crippen molar-refractivity contribution in [3.05, 3.63) is 59.7 Å². The van der Waals surface area contributed by atoms with E-state index in [2.05, 4.69) is 20.7 Å². The Morgan fingerprint density at radius 3 is 1.84 bits per heavy atom. The van der Waals surface area contributed by atoms with E-state index in [1.807, 2.05) is 62.4 Å². The summed E-state index contributed by atoms with van der Waals surface area (Å²) in [4.78, 5) is 16.8. The number of ether oxygens (including phenoxy) is 2. The van der Waals surface area contributed by atoms with Gasteiger partial charge in [0.15, 0.2) is 0 Å². The lowest BCUT2D eigenvalue weighted by Crippen LogP contribution is -2.15. The van der Waals surface area contributed by atoms with Gasteiger partial charge in [0.2, 0.25) is 17.8 Å². The SMILES string of the molecule is CCOc1ccc(CNc2nc(NCc3ccc(OCC)cc3)n(C(=O)CC)n2)cc1. The van der Waals surface area contributed by atoms with Crippen LogP contribution in [0.2, 0.25) is 0 Å². The van der Waals surface area contributed by atoms with E-state index in [4.69, 9.17) is 9.47 Å². The Labute approximate surface area is 182 Å². The van der Waals surface area contributed by atoms with E-state index in [1.54, 1.807) is 6.92 Å². The van der Waals surface area contributed by atoms with Crippen LogP contribution in [0.1, 0.15) is 43.1 Å². The first-order chi connectivity index (χ1) is 15.1. The van der Waals surface area contributed by atoms with Gasteiger partial charge in [-0.25, -0.2) is 0 Å². The third kappa shape index (κ3) is 6.21.